The van der Waals surface area contributed by atoms with E-state index in [1.165, 1.54) is 0 Å². The number of thiocarbonyl (C=S) groups is 2. The van der Waals surface area contributed by atoms with Crippen LogP contribution in [0.3, 0.4) is 0 Å². The van der Waals surface area contributed by atoms with Crippen molar-refractivity contribution in [2.75, 3.05) is 14.2 Å². The Labute approximate surface area is 174 Å². The third kappa shape index (κ3) is 5.06. The molecule has 28 heavy (non-hydrogen) atoms. The monoisotopic (exact) mass is 410 g/mol. The molecule has 0 atom stereocenters. The van der Waals surface area contributed by atoms with Crippen LogP contribution in [-0.2, 0) is 0 Å². The largest absolute Gasteiger partial charge is 0.497 e. The predicted molar refractivity (Wildman–Crippen MR) is 117 cm³/mol. The Morgan fingerprint density at radius 1 is 0.500 bits per heavy atom. The highest BCUT2D eigenvalue weighted by Gasteiger charge is 2.07. The third-order valence-corrected chi connectivity index (χ3v) is 4.53. The van der Waals surface area contributed by atoms with Crippen LogP contribution in [0.15, 0.2) is 72.8 Å². The minimum absolute atomic E-state index is 0.380. The zero-order valence-corrected chi connectivity index (χ0v) is 17.0. The second kappa shape index (κ2) is 9.30. The van der Waals surface area contributed by atoms with Crippen molar-refractivity contribution in [2.24, 2.45) is 0 Å². The number of rotatable bonds is 6. The maximum absolute atomic E-state index is 5.73. The van der Waals surface area contributed by atoms with Crippen LogP contribution in [0.4, 0.5) is 0 Å². The highest BCUT2D eigenvalue weighted by molar-refractivity contribution is 7.80. The fourth-order valence-corrected chi connectivity index (χ4v) is 2.83. The predicted octanol–water partition coefficient (Wildman–Crippen LogP) is 5.21. The molecule has 0 fully saturated rings. The summed E-state index contributed by atoms with van der Waals surface area (Å²) in [6, 6.07) is 21.9. The van der Waals surface area contributed by atoms with E-state index in [1.54, 1.807) is 38.5 Å². The molecule has 0 bridgehead atoms. The number of hydrogen-bond donors (Lipinski definition) is 0. The topological polar surface area (TPSA) is 36.9 Å². The first kappa shape index (κ1) is 19.8. The fraction of sp³-hybridized carbons (Fsp3) is 0.0909. The third-order valence-electron chi connectivity index (χ3n) is 3.90. The Morgan fingerprint density at radius 3 is 1.07 bits per heavy atom. The first-order valence-electron chi connectivity index (χ1n) is 8.41. The lowest BCUT2D eigenvalue weighted by atomic mass is 10.2. The molecule has 6 heteroatoms. The van der Waals surface area contributed by atoms with Crippen molar-refractivity contribution in [3.05, 3.63) is 83.9 Å². The number of ether oxygens (including phenoxy) is 4. The van der Waals surface area contributed by atoms with E-state index < -0.39 is 0 Å². The van der Waals surface area contributed by atoms with Crippen LogP contribution in [0.25, 0.3) is 0 Å². The van der Waals surface area contributed by atoms with Gasteiger partial charge in [0.2, 0.25) is 0 Å². The summed E-state index contributed by atoms with van der Waals surface area (Å²) in [5.74, 6) is 2.76. The summed E-state index contributed by atoms with van der Waals surface area (Å²) in [5.41, 5.74) is 1.61. The van der Waals surface area contributed by atoms with E-state index in [0.29, 0.717) is 21.6 Å². The molecular weight excluding hydrogens is 392 g/mol. The molecule has 0 aliphatic rings. The van der Waals surface area contributed by atoms with E-state index in [2.05, 4.69) is 0 Å². The highest BCUT2D eigenvalue weighted by Crippen LogP contribution is 2.21. The van der Waals surface area contributed by atoms with Crippen molar-refractivity contribution in [2.45, 2.75) is 0 Å². The van der Waals surface area contributed by atoms with E-state index in [-0.39, 0.29) is 0 Å². The van der Waals surface area contributed by atoms with Crippen molar-refractivity contribution in [3.63, 3.8) is 0 Å². The lowest BCUT2D eigenvalue weighted by Gasteiger charge is -2.10. The van der Waals surface area contributed by atoms with Crippen molar-refractivity contribution < 1.29 is 18.9 Å². The molecule has 3 aromatic carbocycles. The summed E-state index contributed by atoms with van der Waals surface area (Å²) in [4.78, 5) is 0. The summed E-state index contributed by atoms with van der Waals surface area (Å²) >= 11 is 10.7. The molecular formula is C22H18O4S2. The van der Waals surface area contributed by atoms with Gasteiger partial charge in [-0.2, -0.15) is 0 Å². The summed E-state index contributed by atoms with van der Waals surface area (Å²) < 4.78 is 21.7. The molecule has 0 heterocycles. The molecule has 0 aliphatic heterocycles. The standard InChI is InChI=1S/C22H18O4S2/c1-23-17-7-3-15(4-8-17)21(27)25-19-11-13-20(14-12-19)26-22(28)16-5-9-18(24-2)10-6-16/h3-14H,1-2H3. The first-order valence-corrected chi connectivity index (χ1v) is 9.23. The molecule has 0 saturated heterocycles. The van der Waals surface area contributed by atoms with Crippen molar-refractivity contribution in [1.82, 2.24) is 0 Å². The highest BCUT2D eigenvalue weighted by atomic mass is 32.1. The smallest absolute Gasteiger partial charge is 0.198 e. The average Bonchev–Trinajstić information content (AvgIpc) is 2.75. The summed E-state index contributed by atoms with van der Waals surface area (Å²) in [6.07, 6.45) is 0. The van der Waals surface area contributed by atoms with Gasteiger partial charge in [0.25, 0.3) is 0 Å². The van der Waals surface area contributed by atoms with Crippen molar-refractivity contribution >= 4 is 34.5 Å². The Kier molecular flexibility index (Phi) is 6.57. The van der Waals surface area contributed by atoms with Crippen molar-refractivity contribution in [1.29, 1.82) is 0 Å². The molecule has 0 spiro atoms. The molecule has 0 saturated carbocycles. The Bertz CT molecular complexity index is 869. The van der Waals surface area contributed by atoms with Gasteiger partial charge in [-0.25, -0.2) is 0 Å². The second-order valence-electron chi connectivity index (χ2n) is 5.71. The fourth-order valence-electron chi connectivity index (χ4n) is 2.36. The van der Waals surface area contributed by atoms with E-state index in [1.807, 2.05) is 48.5 Å². The second-order valence-corrected chi connectivity index (χ2v) is 6.45. The lowest BCUT2D eigenvalue weighted by Crippen LogP contribution is -2.08. The zero-order valence-electron chi connectivity index (χ0n) is 15.4. The molecule has 0 amide bonds. The molecule has 0 N–H and O–H groups in total. The van der Waals surface area contributed by atoms with Crippen LogP contribution in [0, 0.1) is 0 Å². The van der Waals surface area contributed by atoms with Crippen molar-refractivity contribution in [3.8, 4) is 23.0 Å². The average molecular weight is 411 g/mol. The number of methoxy groups -OCH3 is 2. The van der Waals surface area contributed by atoms with Gasteiger partial charge < -0.3 is 18.9 Å². The Hall–Kier alpha value is -2.96. The molecule has 0 aliphatic carbocycles. The van der Waals surface area contributed by atoms with Crippen LogP contribution in [-0.4, -0.2) is 24.3 Å². The minimum atomic E-state index is 0.380. The quantitative estimate of drug-likeness (QED) is 0.519. The molecule has 3 aromatic rings. The van der Waals surface area contributed by atoms with Crippen LogP contribution in [0.5, 0.6) is 23.0 Å². The van der Waals surface area contributed by atoms with Crippen LogP contribution in [0.2, 0.25) is 0 Å². The molecule has 142 valence electrons. The number of benzene rings is 3. The van der Waals surface area contributed by atoms with Gasteiger partial charge in [0, 0.05) is 11.1 Å². The maximum atomic E-state index is 5.73. The Balaban J connectivity index is 1.60. The van der Waals surface area contributed by atoms with Crippen LogP contribution < -0.4 is 18.9 Å². The maximum Gasteiger partial charge on any atom is 0.198 e. The normalized spacial score (nSPS) is 10.1. The van der Waals surface area contributed by atoms with E-state index in [4.69, 9.17) is 43.4 Å². The summed E-state index contributed by atoms with van der Waals surface area (Å²) in [6.45, 7) is 0. The van der Waals surface area contributed by atoms with Gasteiger partial charge in [0.15, 0.2) is 10.1 Å². The van der Waals surface area contributed by atoms with Gasteiger partial charge >= 0.3 is 0 Å². The Morgan fingerprint density at radius 2 is 0.786 bits per heavy atom. The van der Waals surface area contributed by atoms with E-state index in [0.717, 1.165) is 22.6 Å². The van der Waals surface area contributed by atoms with E-state index >= 15 is 0 Å². The van der Waals surface area contributed by atoms with E-state index in [9.17, 15) is 0 Å². The lowest BCUT2D eigenvalue weighted by molar-refractivity contribution is 0.414. The molecule has 0 unspecified atom stereocenters. The zero-order chi connectivity index (χ0) is 19.9. The summed E-state index contributed by atoms with van der Waals surface area (Å²) in [7, 11) is 3.24. The summed E-state index contributed by atoms with van der Waals surface area (Å²) in [5, 5.41) is 0.759. The van der Waals surface area contributed by atoms with Crippen LogP contribution in [0.1, 0.15) is 11.1 Å². The molecule has 3 rings (SSSR count). The molecule has 0 radical (unpaired) electrons. The van der Waals surface area contributed by atoms with Gasteiger partial charge in [-0.1, -0.05) is 0 Å². The van der Waals surface area contributed by atoms with Gasteiger partial charge in [0.1, 0.15) is 23.0 Å². The van der Waals surface area contributed by atoms with Gasteiger partial charge in [-0.05, 0) is 97.2 Å². The first-order chi connectivity index (χ1) is 13.6. The molecule has 4 nitrogen and oxygen atoms in total. The molecule has 0 aromatic heterocycles. The van der Waals surface area contributed by atoms with Gasteiger partial charge in [0.05, 0.1) is 14.2 Å². The van der Waals surface area contributed by atoms with Gasteiger partial charge in [-0.15, -0.1) is 0 Å². The SMILES string of the molecule is COc1ccc(C(=S)Oc2ccc(OC(=S)c3ccc(OC)cc3)cc2)cc1. The number of hydrogen-bond acceptors (Lipinski definition) is 6. The minimum Gasteiger partial charge on any atom is -0.497 e. The van der Waals surface area contributed by atoms with Crippen LogP contribution >= 0.6 is 24.4 Å². The van der Waals surface area contributed by atoms with Gasteiger partial charge in [-0.3, -0.25) is 0 Å².